The van der Waals surface area contributed by atoms with Gasteiger partial charge in [0.25, 0.3) is 10.0 Å². The van der Waals surface area contributed by atoms with E-state index in [9.17, 15) is 17.2 Å². The molecule has 0 aliphatic heterocycles. The van der Waals surface area contributed by atoms with Gasteiger partial charge in [-0.2, -0.15) is 0 Å². The molecule has 5 nitrogen and oxygen atoms in total. The Morgan fingerprint density at radius 3 is 2.39 bits per heavy atom. The molecule has 1 heterocycles. The Kier molecular flexibility index (Phi) is 3.19. The van der Waals surface area contributed by atoms with E-state index >= 15 is 0 Å². The summed E-state index contributed by atoms with van der Waals surface area (Å²) in [6, 6.07) is 3.66. The lowest BCUT2D eigenvalue weighted by atomic mass is 10.3. The number of nitrogens with one attached hydrogen (secondary N) is 1. The van der Waals surface area contributed by atoms with Crippen molar-refractivity contribution in [3.8, 4) is 0 Å². The molecule has 0 fully saturated rings. The van der Waals surface area contributed by atoms with Gasteiger partial charge in [0.15, 0.2) is 0 Å². The van der Waals surface area contributed by atoms with Gasteiger partial charge < -0.3 is 0 Å². The molecular formula is C10H7F2N3O2S. The van der Waals surface area contributed by atoms with E-state index in [-0.39, 0.29) is 5.95 Å². The molecule has 1 N–H and O–H groups in total. The maximum absolute atomic E-state index is 13.3. The van der Waals surface area contributed by atoms with Crippen LogP contribution < -0.4 is 4.72 Å². The quantitative estimate of drug-likeness (QED) is 0.919. The van der Waals surface area contributed by atoms with Crippen LogP contribution in [0.2, 0.25) is 0 Å². The minimum atomic E-state index is -4.18. The summed E-state index contributed by atoms with van der Waals surface area (Å²) in [6.45, 7) is 0. The summed E-state index contributed by atoms with van der Waals surface area (Å²) in [5.41, 5.74) is 0. The largest absolute Gasteiger partial charge is 0.267 e. The zero-order valence-electron chi connectivity index (χ0n) is 8.84. The maximum atomic E-state index is 13.3. The number of sulfonamides is 1. The van der Waals surface area contributed by atoms with E-state index in [2.05, 4.69) is 9.97 Å². The third-order valence-electron chi connectivity index (χ3n) is 1.97. The highest BCUT2D eigenvalue weighted by Crippen LogP contribution is 2.17. The summed E-state index contributed by atoms with van der Waals surface area (Å²) in [7, 11) is -4.18. The highest BCUT2D eigenvalue weighted by molar-refractivity contribution is 7.92. The van der Waals surface area contributed by atoms with Crippen molar-refractivity contribution in [1.29, 1.82) is 0 Å². The van der Waals surface area contributed by atoms with E-state index in [0.29, 0.717) is 6.07 Å². The molecule has 18 heavy (non-hydrogen) atoms. The SMILES string of the molecule is O=S(=O)(Nc1ncccn1)c1ccc(F)cc1F. The first-order chi connectivity index (χ1) is 8.49. The van der Waals surface area contributed by atoms with Gasteiger partial charge >= 0.3 is 0 Å². The van der Waals surface area contributed by atoms with Crippen molar-refractivity contribution in [2.24, 2.45) is 0 Å². The molecule has 0 bridgehead atoms. The average Bonchev–Trinajstić information content (AvgIpc) is 2.29. The smallest absolute Gasteiger partial charge is 0.247 e. The third kappa shape index (κ3) is 2.59. The number of anilines is 1. The molecule has 0 radical (unpaired) electrons. The van der Waals surface area contributed by atoms with Crippen molar-refractivity contribution in [2.75, 3.05) is 4.72 Å². The molecule has 2 rings (SSSR count). The number of nitrogens with zero attached hydrogens (tertiary/aromatic N) is 2. The summed E-state index contributed by atoms with van der Waals surface area (Å²) < 4.78 is 51.6. The fourth-order valence-corrected chi connectivity index (χ4v) is 2.24. The van der Waals surface area contributed by atoms with E-state index < -0.39 is 26.6 Å². The molecule has 0 aliphatic rings. The van der Waals surface area contributed by atoms with Gasteiger partial charge in [-0.3, -0.25) is 0 Å². The lowest BCUT2D eigenvalue weighted by molar-refractivity contribution is 0.551. The monoisotopic (exact) mass is 271 g/mol. The Bertz CT molecular complexity index is 662. The molecule has 0 amide bonds. The molecule has 0 spiro atoms. The van der Waals surface area contributed by atoms with Crippen LogP contribution >= 0.6 is 0 Å². The molecule has 0 atom stereocenters. The summed E-state index contributed by atoms with van der Waals surface area (Å²) in [6.07, 6.45) is 2.65. The summed E-state index contributed by atoms with van der Waals surface area (Å²) in [5.74, 6) is -2.23. The Hall–Kier alpha value is -2.09. The van der Waals surface area contributed by atoms with E-state index in [1.54, 1.807) is 0 Å². The van der Waals surface area contributed by atoms with Crippen LogP contribution in [0.1, 0.15) is 0 Å². The third-order valence-corrected chi connectivity index (χ3v) is 3.34. The first-order valence-electron chi connectivity index (χ1n) is 4.74. The number of rotatable bonds is 3. The van der Waals surface area contributed by atoms with Gasteiger partial charge in [0.2, 0.25) is 5.95 Å². The lowest BCUT2D eigenvalue weighted by Gasteiger charge is -2.06. The number of hydrogen-bond acceptors (Lipinski definition) is 4. The van der Waals surface area contributed by atoms with Crippen LogP contribution in [0.25, 0.3) is 0 Å². The van der Waals surface area contributed by atoms with Gasteiger partial charge in [0, 0.05) is 18.5 Å². The average molecular weight is 271 g/mol. The standard InChI is InChI=1S/C10H7F2N3O2S/c11-7-2-3-9(8(12)6-7)18(16,17)15-10-13-4-1-5-14-10/h1-6H,(H,13,14,15). The van der Waals surface area contributed by atoms with Gasteiger partial charge in [-0.1, -0.05) is 0 Å². The predicted octanol–water partition coefficient (Wildman–Crippen LogP) is 1.56. The van der Waals surface area contributed by atoms with Gasteiger partial charge in [-0.25, -0.2) is 31.9 Å². The van der Waals surface area contributed by atoms with Crippen LogP contribution in [0.3, 0.4) is 0 Å². The van der Waals surface area contributed by atoms with E-state index in [1.807, 2.05) is 4.72 Å². The predicted molar refractivity (Wildman–Crippen MR) is 59.2 cm³/mol. The molecule has 1 aromatic carbocycles. The lowest BCUT2D eigenvalue weighted by Crippen LogP contribution is -2.16. The van der Waals surface area contributed by atoms with Crippen molar-refractivity contribution >= 4 is 16.0 Å². The van der Waals surface area contributed by atoms with Crippen LogP contribution in [0.5, 0.6) is 0 Å². The molecule has 2 aromatic rings. The Balaban J connectivity index is 2.37. The van der Waals surface area contributed by atoms with Crippen molar-refractivity contribution in [3.05, 3.63) is 48.3 Å². The van der Waals surface area contributed by atoms with Crippen molar-refractivity contribution < 1.29 is 17.2 Å². The molecule has 0 unspecified atom stereocenters. The topological polar surface area (TPSA) is 72.0 Å². The second-order valence-corrected chi connectivity index (χ2v) is 4.90. The number of halogens is 2. The molecule has 0 saturated carbocycles. The van der Waals surface area contributed by atoms with Crippen molar-refractivity contribution in [1.82, 2.24) is 9.97 Å². The van der Waals surface area contributed by atoms with E-state index in [1.165, 1.54) is 18.5 Å². The Labute approximate surface area is 102 Å². The maximum Gasteiger partial charge on any atom is 0.267 e. The van der Waals surface area contributed by atoms with Gasteiger partial charge in [0.1, 0.15) is 16.5 Å². The zero-order chi connectivity index (χ0) is 13.2. The molecule has 0 aliphatic carbocycles. The molecule has 8 heteroatoms. The van der Waals surface area contributed by atoms with Crippen LogP contribution in [-0.4, -0.2) is 18.4 Å². The molecular weight excluding hydrogens is 264 g/mol. The fraction of sp³-hybridized carbons (Fsp3) is 0. The summed E-state index contributed by atoms with van der Waals surface area (Å²) in [4.78, 5) is 6.61. The van der Waals surface area contributed by atoms with E-state index in [4.69, 9.17) is 0 Å². The van der Waals surface area contributed by atoms with E-state index in [0.717, 1.165) is 12.1 Å². The highest BCUT2D eigenvalue weighted by Gasteiger charge is 2.20. The normalized spacial score (nSPS) is 11.2. The van der Waals surface area contributed by atoms with Gasteiger partial charge in [-0.05, 0) is 18.2 Å². The van der Waals surface area contributed by atoms with Crippen LogP contribution in [0, 0.1) is 11.6 Å². The summed E-state index contributed by atoms with van der Waals surface area (Å²) in [5, 5.41) is 0. The van der Waals surface area contributed by atoms with Crippen molar-refractivity contribution in [2.45, 2.75) is 4.90 Å². The number of aromatic nitrogens is 2. The molecule has 0 saturated heterocycles. The van der Waals surface area contributed by atoms with Crippen LogP contribution in [0.4, 0.5) is 14.7 Å². The van der Waals surface area contributed by atoms with Crippen molar-refractivity contribution in [3.63, 3.8) is 0 Å². The second-order valence-electron chi connectivity index (χ2n) is 3.25. The first kappa shape index (κ1) is 12.4. The Morgan fingerprint density at radius 2 is 1.78 bits per heavy atom. The first-order valence-corrected chi connectivity index (χ1v) is 6.22. The number of benzene rings is 1. The zero-order valence-corrected chi connectivity index (χ0v) is 9.66. The van der Waals surface area contributed by atoms with Gasteiger partial charge in [-0.15, -0.1) is 0 Å². The minimum absolute atomic E-state index is 0.193. The van der Waals surface area contributed by atoms with Crippen LogP contribution in [-0.2, 0) is 10.0 Å². The minimum Gasteiger partial charge on any atom is -0.247 e. The Morgan fingerprint density at radius 1 is 1.11 bits per heavy atom. The highest BCUT2D eigenvalue weighted by atomic mass is 32.2. The summed E-state index contributed by atoms with van der Waals surface area (Å²) >= 11 is 0. The fourth-order valence-electron chi connectivity index (χ4n) is 1.22. The molecule has 94 valence electrons. The van der Waals surface area contributed by atoms with Crippen LogP contribution in [0.15, 0.2) is 41.6 Å². The van der Waals surface area contributed by atoms with Gasteiger partial charge in [0.05, 0.1) is 0 Å². The number of hydrogen-bond donors (Lipinski definition) is 1. The second kappa shape index (κ2) is 4.65. The molecule has 1 aromatic heterocycles.